The molecule has 0 amide bonds. The molecule has 0 spiro atoms. The second kappa shape index (κ2) is 43.9. The summed E-state index contributed by atoms with van der Waals surface area (Å²) in [7, 11) is -3.33. The average Bonchev–Trinajstić information content (AvgIpc) is 2.67. The van der Waals surface area contributed by atoms with Gasteiger partial charge < -0.3 is 29.4 Å². The Hall–Kier alpha value is 0.884. The topological polar surface area (TPSA) is 93.1 Å². The first-order valence-electron chi connectivity index (χ1n) is 12.0. The normalized spacial score (nSPS) is 11.3. The fourth-order valence-corrected chi connectivity index (χ4v) is 2.35. The Kier molecular flexibility index (Phi) is 66.5. The van der Waals surface area contributed by atoms with Gasteiger partial charge in [-0.25, -0.2) is 0 Å². The summed E-state index contributed by atoms with van der Waals surface area (Å²) in [6.45, 7) is 14.7. The molecule has 210 valence electrons. The predicted molar refractivity (Wildman–Crippen MR) is 149 cm³/mol. The van der Waals surface area contributed by atoms with Gasteiger partial charge in [-0.15, -0.1) is 4.52 Å². The zero-order valence-corrected chi connectivity index (χ0v) is 27.7. The Morgan fingerprint density at radius 2 is 1.12 bits per heavy atom. The van der Waals surface area contributed by atoms with E-state index < -0.39 is 15.6 Å². The molecule has 0 bridgehead atoms. The summed E-state index contributed by atoms with van der Waals surface area (Å²) < 4.78 is 29.4. The maximum Gasteiger partial charge on any atom is 2.00 e. The zero-order chi connectivity index (χ0) is 25.0. The summed E-state index contributed by atoms with van der Waals surface area (Å²) in [5.74, 6) is 0.833. The maximum atomic E-state index is 10.5. The van der Waals surface area contributed by atoms with Crippen molar-refractivity contribution in [2.45, 2.75) is 112 Å². The number of hydrogen-bond donors (Lipinski definition) is 2. The summed E-state index contributed by atoms with van der Waals surface area (Å²) >= 11 is 0. The first kappa shape index (κ1) is 51.5. The minimum absolute atomic E-state index is 0. The van der Waals surface area contributed by atoms with E-state index in [1.54, 1.807) is 6.66 Å². The third kappa shape index (κ3) is 93.7. The molecule has 0 fully saturated rings. The Balaban J connectivity index is -0.0000000593. The molecule has 0 aliphatic rings. The van der Waals surface area contributed by atoms with Crippen molar-refractivity contribution in [3.63, 3.8) is 0 Å². The summed E-state index contributed by atoms with van der Waals surface area (Å²) in [4.78, 5) is 8.16. The van der Waals surface area contributed by atoms with Gasteiger partial charge in [0.05, 0.1) is 0 Å². The summed E-state index contributed by atoms with van der Waals surface area (Å²) in [5, 5.41) is 8.42. The second-order valence-corrected chi connectivity index (χ2v) is 11.4. The van der Waals surface area contributed by atoms with E-state index in [4.69, 9.17) is 14.5 Å². The van der Waals surface area contributed by atoms with Crippen LogP contribution in [0.1, 0.15) is 112 Å². The summed E-state index contributed by atoms with van der Waals surface area (Å²) in [6, 6.07) is 0. The average molecular weight is 568 g/mol. The second-order valence-electron chi connectivity index (χ2n) is 8.25. The van der Waals surface area contributed by atoms with Crippen molar-refractivity contribution in [3.05, 3.63) is 14.9 Å². The Morgan fingerprint density at radius 3 is 1.38 bits per heavy atom. The minimum Gasteiger partial charge on any atom is -0.396 e. The molecule has 0 saturated heterocycles. The molecule has 9 heteroatoms. The molecular formula is C25H61O6P2Ti+. The van der Waals surface area contributed by atoms with Crippen LogP contribution in [0, 0.1) is 20.8 Å². The van der Waals surface area contributed by atoms with E-state index in [0.29, 0.717) is 13.2 Å². The van der Waals surface area contributed by atoms with Crippen molar-refractivity contribution in [1.82, 2.24) is 0 Å². The molecule has 0 saturated carbocycles. The van der Waals surface area contributed by atoms with Crippen molar-refractivity contribution >= 4 is 15.6 Å². The van der Waals surface area contributed by atoms with Crippen LogP contribution in [0.2, 0.25) is 0 Å². The number of aliphatic hydroxyl groups excluding tert-OH is 1. The molecule has 0 aromatic carbocycles. The van der Waals surface area contributed by atoms with Crippen molar-refractivity contribution in [2.24, 2.45) is 5.92 Å². The van der Waals surface area contributed by atoms with Gasteiger partial charge in [0.1, 0.15) is 6.61 Å². The number of unbranched alkanes of at least 4 members (excludes halogenated alkanes) is 10. The van der Waals surface area contributed by atoms with E-state index >= 15 is 0 Å². The molecule has 6 nitrogen and oxygen atoms in total. The maximum absolute atomic E-state index is 10.5. The van der Waals surface area contributed by atoms with Gasteiger partial charge in [0, 0.05) is 20.4 Å². The van der Waals surface area contributed by atoms with Gasteiger partial charge in [-0.3, -0.25) is 4.57 Å². The zero-order valence-electron chi connectivity index (χ0n) is 24.4. The van der Waals surface area contributed by atoms with E-state index in [9.17, 15) is 9.13 Å². The van der Waals surface area contributed by atoms with E-state index in [2.05, 4.69) is 39.1 Å². The molecule has 0 heterocycles. The van der Waals surface area contributed by atoms with Crippen LogP contribution in [0.3, 0.4) is 0 Å². The van der Waals surface area contributed by atoms with Gasteiger partial charge in [-0.1, -0.05) is 98.8 Å². The van der Waals surface area contributed by atoms with Gasteiger partial charge in [0.25, 0.3) is 0 Å². The third-order valence-electron chi connectivity index (χ3n) is 3.62. The van der Waals surface area contributed by atoms with Gasteiger partial charge in [0.15, 0.2) is 6.66 Å². The molecule has 2 N–H and O–H groups in total. The molecule has 0 radical (unpaired) electrons. The van der Waals surface area contributed by atoms with E-state index in [0.717, 1.165) is 25.4 Å². The molecule has 34 heavy (non-hydrogen) atoms. The molecule has 2 atom stereocenters. The molecule has 0 rings (SSSR count). The van der Waals surface area contributed by atoms with Crippen molar-refractivity contribution < 1.29 is 49.9 Å². The van der Waals surface area contributed by atoms with Crippen LogP contribution in [-0.4, -0.2) is 43.7 Å². The van der Waals surface area contributed by atoms with E-state index in [1.807, 2.05) is 0 Å². The molecule has 0 aliphatic heterocycles. The monoisotopic (exact) mass is 567 g/mol. The van der Waals surface area contributed by atoms with Crippen LogP contribution < -0.4 is 0 Å². The van der Waals surface area contributed by atoms with E-state index in [1.165, 1.54) is 71.3 Å². The standard InChI is InChI=1S/C9H20O2P.C8H18O.C4H10.C2H7O3P.2CH3.Ti/c1-3-4-5-6-7-8-9-11-12(2)10;1-2-3-4-5-6-7-8-9;1-4(2)3;1-5-6(2,3)4;;;/h3-9H2,1-2H3;9H,2-8H2,1H3;4H,1-3H3;1-2H3,(H,3,4);2*1H3;/q+1;;;;2*-1;+2. The van der Waals surface area contributed by atoms with Gasteiger partial charge in [-0.05, 0) is 23.3 Å². The Bertz CT molecular complexity index is 372. The van der Waals surface area contributed by atoms with Gasteiger partial charge >= 0.3 is 37.3 Å². The van der Waals surface area contributed by atoms with Gasteiger partial charge in [-0.2, -0.15) is 0 Å². The molecule has 0 aromatic heterocycles. The largest absolute Gasteiger partial charge is 2.00 e. The molecular weight excluding hydrogens is 506 g/mol. The SMILES string of the molecule is CC(C)C.CCCCCCCCO.CCCCCCCCO[P+](C)=O.COP(C)(=O)O.[CH3-].[CH3-].[Ti+2]. The number of hydrogen-bond acceptors (Lipinski definition) is 5. The van der Waals surface area contributed by atoms with Crippen LogP contribution in [-0.2, 0) is 39.9 Å². The van der Waals surface area contributed by atoms with Crippen molar-refractivity contribution in [2.75, 3.05) is 33.7 Å². The van der Waals surface area contributed by atoms with Gasteiger partial charge in [0.2, 0.25) is 0 Å². The molecule has 0 aromatic rings. The fourth-order valence-electron chi connectivity index (χ4n) is 1.97. The first-order valence-corrected chi connectivity index (χ1v) is 15.6. The Morgan fingerprint density at radius 1 is 0.824 bits per heavy atom. The quantitative estimate of drug-likeness (QED) is 0.0887. The van der Waals surface area contributed by atoms with Crippen molar-refractivity contribution in [1.29, 1.82) is 0 Å². The minimum atomic E-state index is -3.15. The van der Waals surface area contributed by atoms with Crippen LogP contribution in [0.15, 0.2) is 0 Å². The van der Waals surface area contributed by atoms with Crippen LogP contribution in [0.25, 0.3) is 0 Å². The van der Waals surface area contributed by atoms with Crippen molar-refractivity contribution in [3.8, 4) is 0 Å². The summed E-state index contributed by atoms with van der Waals surface area (Å²) in [5.41, 5.74) is 0. The predicted octanol–water partition coefficient (Wildman–Crippen LogP) is 9.08. The summed E-state index contributed by atoms with van der Waals surface area (Å²) in [6.07, 6.45) is 15.0. The van der Waals surface area contributed by atoms with E-state index in [-0.39, 0.29) is 36.6 Å². The first-order chi connectivity index (χ1) is 14.5. The molecule has 2 unspecified atom stereocenters. The fraction of sp³-hybridized carbons (Fsp3) is 0.920. The van der Waals surface area contributed by atoms with Crippen LogP contribution >= 0.6 is 15.6 Å². The number of rotatable bonds is 15. The smallest absolute Gasteiger partial charge is 0.396 e. The van der Waals surface area contributed by atoms with Crippen LogP contribution in [0.5, 0.6) is 0 Å². The van der Waals surface area contributed by atoms with Crippen LogP contribution in [0.4, 0.5) is 0 Å². The Labute approximate surface area is 231 Å². The number of aliphatic hydroxyl groups is 1. The third-order valence-corrected chi connectivity index (χ3v) is 4.85. The molecule has 0 aliphatic carbocycles.